The molecular weight excluding hydrogens is 302 g/mol. The van der Waals surface area contributed by atoms with E-state index in [0.717, 1.165) is 0 Å². The number of carbonyl (C=O) groups is 1. The van der Waals surface area contributed by atoms with Crippen molar-refractivity contribution in [1.82, 2.24) is 10.2 Å². The molecule has 1 amide bonds. The number of halogens is 2. The molecule has 1 rings (SSSR count). The van der Waals surface area contributed by atoms with Crippen molar-refractivity contribution in [2.45, 2.75) is 46.3 Å². The van der Waals surface area contributed by atoms with Crippen LogP contribution in [0.4, 0.5) is 13.6 Å². The van der Waals surface area contributed by atoms with E-state index in [4.69, 9.17) is 4.74 Å². The van der Waals surface area contributed by atoms with Crippen molar-refractivity contribution in [2.24, 2.45) is 0 Å². The quantitative estimate of drug-likeness (QED) is 0.862. The number of likely N-dealkylation sites (N-methyl/N-ethyl adjacent to an activating group) is 1. The van der Waals surface area contributed by atoms with Crippen LogP contribution in [0, 0.1) is 11.6 Å². The number of hydrogen-bond acceptors (Lipinski definition) is 3. The Balaban J connectivity index is 2.56. The summed E-state index contributed by atoms with van der Waals surface area (Å²) in [4.78, 5) is 13.5. The van der Waals surface area contributed by atoms with Crippen LogP contribution in [0.3, 0.4) is 0 Å². The lowest BCUT2D eigenvalue weighted by atomic mass is 10.1. The van der Waals surface area contributed by atoms with Gasteiger partial charge in [-0.3, -0.25) is 0 Å². The topological polar surface area (TPSA) is 41.6 Å². The lowest BCUT2D eigenvalue weighted by Gasteiger charge is -2.27. The van der Waals surface area contributed by atoms with Crippen LogP contribution in [0.2, 0.25) is 0 Å². The predicted octanol–water partition coefficient (Wildman–Crippen LogP) is 3.87. The van der Waals surface area contributed by atoms with Crippen molar-refractivity contribution < 1.29 is 18.3 Å². The second kappa shape index (κ2) is 8.24. The normalized spacial score (nSPS) is 12.8. The molecular formula is C17H26F2N2O2. The van der Waals surface area contributed by atoms with Gasteiger partial charge in [-0.1, -0.05) is 6.07 Å². The predicted molar refractivity (Wildman–Crippen MR) is 86.3 cm³/mol. The molecule has 4 nitrogen and oxygen atoms in total. The summed E-state index contributed by atoms with van der Waals surface area (Å²) in [5, 5.41) is 3.03. The van der Waals surface area contributed by atoms with Crippen molar-refractivity contribution in [3.05, 3.63) is 35.4 Å². The van der Waals surface area contributed by atoms with E-state index in [0.29, 0.717) is 19.6 Å². The third-order valence-electron chi connectivity index (χ3n) is 3.30. The molecule has 1 aromatic carbocycles. The standard InChI is InChI=1S/C17H26F2N2O2/c1-6-21(16(22)23-17(3,4)5)11-10-20-12(2)15-13(18)8-7-9-14(15)19/h7-9,12,20H,6,10-11H2,1-5H3. The Hall–Kier alpha value is -1.69. The average Bonchev–Trinajstić information content (AvgIpc) is 2.41. The first kappa shape index (κ1) is 19.4. The van der Waals surface area contributed by atoms with Gasteiger partial charge in [0.25, 0.3) is 0 Å². The van der Waals surface area contributed by atoms with Crippen LogP contribution in [0.15, 0.2) is 18.2 Å². The van der Waals surface area contributed by atoms with Gasteiger partial charge in [0.15, 0.2) is 0 Å². The summed E-state index contributed by atoms with van der Waals surface area (Å²) < 4.78 is 32.7. The Bertz CT molecular complexity index is 510. The number of nitrogens with zero attached hydrogens (tertiary/aromatic N) is 1. The highest BCUT2D eigenvalue weighted by atomic mass is 19.1. The maximum Gasteiger partial charge on any atom is 0.410 e. The molecule has 1 atom stereocenters. The van der Waals surface area contributed by atoms with Gasteiger partial charge < -0.3 is 15.0 Å². The number of ether oxygens (including phenoxy) is 1. The van der Waals surface area contributed by atoms with Crippen LogP contribution in [-0.4, -0.2) is 36.2 Å². The summed E-state index contributed by atoms with van der Waals surface area (Å²) in [6, 6.07) is 3.31. The van der Waals surface area contributed by atoms with E-state index >= 15 is 0 Å². The molecule has 130 valence electrons. The van der Waals surface area contributed by atoms with E-state index in [9.17, 15) is 13.6 Å². The monoisotopic (exact) mass is 328 g/mol. The Morgan fingerprint density at radius 3 is 2.35 bits per heavy atom. The van der Waals surface area contributed by atoms with E-state index in [1.165, 1.54) is 18.2 Å². The van der Waals surface area contributed by atoms with Gasteiger partial charge >= 0.3 is 6.09 Å². The van der Waals surface area contributed by atoms with Crippen molar-refractivity contribution in [2.75, 3.05) is 19.6 Å². The number of amides is 1. The molecule has 0 aliphatic carbocycles. The van der Waals surface area contributed by atoms with Crippen LogP contribution < -0.4 is 5.32 Å². The molecule has 0 fully saturated rings. The van der Waals surface area contributed by atoms with Gasteiger partial charge in [-0.2, -0.15) is 0 Å². The van der Waals surface area contributed by atoms with E-state index < -0.39 is 29.4 Å². The zero-order chi connectivity index (χ0) is 17.6. The largest absolute Gasteiger partial charge is 0.444 e. The molecule has 0 aliphatic heterocycles. The first-order valence-electron chi connectivity index (χ1n) is 7.81. The number of rotatable bonds is 6. The fourth-order valence-corrected chi connectivity index (χ4v) is 2.15. The lowest BCUT2D eigenvalue weighted by molar-refractivity contribution is 0.0261. The van der Waals surface area contributed by atoms with Gasteiger partial charge in [0, 0.05) is 31.2 Å². The molecule has 0 radical (unpaired) electrons. The molecule has 1 N–H and O–H groups in total. The van der Waals surface area contributed by atoms with Crippen LogP contribution in [-0.2, 0) is 4.74 Å². The molecule has 0 saturated heterocycles. The molecule has 1 aromatic rings. The van der Waals surface area contributed by atoms with E-state index in [-0.39, 0.29) is 5.56 Å². The third-order valence-corrected chi connectivity index (χ3v) is 3.30. The number of carbonyl (C=O) groups excluding carboxylic acids is 1. The zero-order valence-corrected chi connectivity index (χ0v) is 14.5. The fourth-order valence-electron chi connectivity index (χ4n) is 2.15. The van der Waals surface area contributed by atoms with Crippen molar-refractivity contribution >= 4 is 6.09 Å². The number of nitrogens with one attached hydrogen (secondary N) is 1. The van der Waals surface area contributed by atoms with E-state index in [2.05, 4.69) is 5.32 Å². The molecule has 0 saturated carbocycles. The molecule has 6 heteroatoms. The number of hydrogen-bond donors (Lipinski definition) is 1. The van der Waals surface area contributed by atoms with Crippen LogP contribution in [0.25, 0.3) is 0 Å². The fraction of sp³-hybridized carbons (Fsp3) is 0.588. The van der Waals surface area contributed by atoms with Crippen molar-refractivity contribution in [1.29, 1.82) is 0 Å². The molecule has 0 spiro atoms. The molecule has 23 heavy (non-hydrogen) atoms. The minimum Gasteiger partial charge on any atom is -0.444 e. The summed E-state index contributed by atoms with van der Waals surface area (Å²) in [6.07, 6.45) is -0.397. The smallest absolute Gasteiger partial charge is 0.410 e. The van der Waals surface area contributed by atoms with Gasteiger partial charge in [0.2, 0.25) is 0 Å². The van der Waals surface area contributed by atoms with Gasteiger partial charge in [-0.05, 0) is 46.8 Å². The summed E-state index contributed by atoms with van der Waals surface area (Å²) in [5.74, 6) is -1.16. The molecule has 0 aliphatic rings. The minimum absolute atomic E-state index is 0.00724. The minimum atomic E-state index is -0.579. The van der Waals surface area contributed by atoms with Crippen LogP contribution >= 0.6 is 0 Å². The lowest BCUT2D eigenvalue weighted by Crippen LogP contribution is -2.40. The van der Waals surface area contributed by atoms with Gasteiger partial charge in [-0.15, -0.1) is 0 Å². The highest BCUT2D eigenvalue weighted by Crippen LogP contribution is 2.20. The van der Waals surface area contributed by atoms with E-state index in [1.807, 2.05) is 6.92 Å². The van der Waals surface area contributed by atoms with Gasteiger partial charge in [-0.25, -0.2) is 13.6 Å². The van der Waals surface area contributed by atoms with Gasteiger partial charge in [0.1, 0.15) is 17.2 Å². The third kappa shape index (κ3) is 6.14. The highest BCUT2D eigenvalue weighted by molar-refractivity contribution is 5.68. The Morgan fingerprint density at radius 1 is 1.30 bits per heavy atom. The molecule has 0 heterocycles. The first-order chi connectivity index (χ1) is 10.7. The van der Waals surface area contributed by atoms with Crippen molar-refractivity contribution in [3.63, 3.8) is 0 Å². The van der Waals surface area contributed by atoms with E-state index in [1.54, 1.807) is 32.6 Å². The second-order valence-corrected chi connectivity index (χ2v) is 6.37. The highest BCUT2D eigenvalue weighted by Gasteiger charge is 2.21. The molecule has 0 aromatic heterocycles. The van der Waals surface area contributed by atoms with Crippen LogP contribution in [0.5, 0.6) is 0 Å². The summed E-state index contributed by atoms with van der Waals surface area (Å²) in [5.41, 5.74) is -0.547. The summed E-state index contributed by atoms with van der Waals surface area (Å²) in [6.45, 7) is 10.3. The summed E-state index contributed by atoms with van der Waals surface area (Å²) in [7, 11) is 0. The SMILES string of the molecule is CCN(CCNC(C)c1c(F)cccc1F)C(=O)OC(C)(C)C. The molecule has 0 bridgehead atoms. The van der Waals surface area contributed by atoms with Crippen molar-refractivity contribution in [3.8, 4) is 0 Å². The Labute approximate surface area is 136 Å². The maximum atomic E-state index is 13.7. The average molecular weight is 328 g/mol. The summed E-state index contributed by atoms with van der Waals surface area (Å²) >= 11 is 0. The Morgan fingerprint density at radius 2 is 1.87 bits per heavy atom. The zero-order valence-electron chi connectivity index (χ0n) is 14.5. The van der Waals surface area contributed by atoms with Gasteiger partial charge in [0.05, 0.1) is 0 Å². The number of benzene rings is 1. The second-order valence-electron chi connectivity index (χ2n) is 6.37. The molecule has 1 unspecified atom stereocenters. The Kier molecular flexibility index (Phi) is 6.94. The first-order valence-corrected chi connectivity index (χ1v) is 7.81. The maximum absolute atomic E-state index is 13.7. The van der Waals surface area contributed by atoms with Crippen LogP contribution in [0.1, 0.15) is 46.2 Å².